The predicted molar refractivity (Wildman–Crippen MR) is 74.8 cm³/mol. The molecule has 0 amide bonds. The molecule has 0 aliphatic heterocycles. The van der Waals surface area contributed by atoms with Crippen LogP contribution in [0.4, 0.5) is 8.78 Å². The summed E-state index contributed by atoms with van der Waals surface area (Å²) in [6, 6.07) is 9.13. The van der Waals surface area contributed by atoms with Crippen molar-refractivity contribution in [3.05, 3.63) is 69.7 Å². The molecule has 0 bridgehead atoms. The molecule has 0 nitrogen and oxygen atoms in total. The van der Waals surface area contributed by atoms with Crippen molar-refractivity contribution in [3.63, 3.8) is 0 Å². The topological polar surface area (TPSA) is 0 Å². The summed E-state index contributed by atoms with van der Waals surface area (Å²) < 4.78 is 27.4. The molecule has 0 aromatic heterocycles. The van der Waals surface area contributed by atoms with Gasteiger partial charge in [-0.05, 0) is 31.5 Å². The minimum Gasteiger partial charge on any atom is -0.207 e. The van der Waals surface area contributed by atoms with Crippen molar-refractivity contribution >= 4 is 23.2 Å². The van der Waals surface area contributed by atoms with E-state index in [1.165, 1.54) is 18.2 Å². The number of alkyl halides is 1. The van der Waals surface area contributed by atoms with Gasteiger partial charge in [-0.1, -0.05) is 35.4 Å². The van der Waals surface area contributed by atoms with Crippen LogP contribution in [0.25, 0.3) is 0 Å². The highest BCUT2D eigenvalue weighted by Crippen LogP contribution is 2.31. The molecule has 2 aromatic carbocycles. The Balaban J connectivity index is 2.31. The average Bonchev–Trinajstić information content (AvgIpc) is 2.37. The molecule has 1 atom stereocenters. The molecule has 0 radical (unpaired) electrons. The van der Waals surface area contributed by atoms with Crippen LogP contribution in [-0.4, -0.2) is 0 Å². The maximum absolute atomic E-state index is 13.7. The number of rotatable bonds is 3. The lowest BCUT2D eigenvalue weighted by atomic mass is 10.0. The zero-order valence-electron chi connectivity index (χ0n) is 10.3. The van der Waals surface area contributed by atoms with Gasteiger partial charge in [0.1, 0.15) is 11.6 Å². The van der Waals surface area contributed by atoms with E-state index < -0.39 is 17.0 Å². The maximum Gasteiger partial charge on any atom is 0.127 e. The molecule has 0 heterocycles. The first-order valence-corrected chi connectivity index (χ1v) is 6.63. The Bertz CT molecular complexity index is 576. The third-order valence-electron chi connectivity index (χ3n) is 2.93. The van der Waals surface area contributed by atoms with E-state index in [2.05, 4.69) is 0 Å². The van der Waals surface area contributed by atoms with Crippen molar-refractivity contribution in [3.8, 4) is 0 Å². The van der Waals surface area contributed by atoms with Crippen molar-refractivity contribution in [1.29, 1.82) is 0 Å². The molecule has 0 N–H and O–H groups in total. The van der Waals surface area contributed by atoms with E-state index in [1.54, 1.807) is 18.2 Å². The zero-order chi connectivity index (χ0) is 14.0. The quantitative estimate of drug-likeness (QED) is 0.661. The van der Waals surface area contributed by atoms with E-state index in [1.807, 2.05) is 6.92 Å². The van der Waals surface area contributed by atoms with Crippen LogP contribution in [0, 0.1) is 18.6 Å². The van der Waals surface area contributed by atoms with E-state index in [-0.39, 0.29) is 6.42 Å². The van der Waals surface area contributed by atoms with Gasteiger partial charge in [-0.25, -0.2) is 8.78 Å². The first kappa shape index (κ1) is 14.3. The van der Waals surface area contributed by atoms with Crippen molar-refractivity contribution < 1.29 is 8.78 Å². The summed E-state index contributed by atoms with van der Waals surface area (Å²) in [5.41, 5.74) is 1.58. The Labute approximate surface area is 121 Å². The lowest BCUT2D eigenvalue weighted by Gasteiger charge is -2.13. The molecule has 0 saturated carbocycles. The summed E-state index contributed by atoms with van der Waals surface area (Å²) in [6.45, 7) is 1.85. The van der Waals surface area contributed by atoms with Crippen LogP contribution in [0.15, 0.2) is 36.4 Å². The van der Waals surface area contributed by atoms with Gasteiger partial charge >= 0.3 is 0 Å². The van der Waals surface area contributed by atoms with Crippen LogP contribution >= 0.6 is 23.2 Å². The molecule has 1 unspecified atom stereocenters. The Hall–Kier alpha value is -1.12. The Kier molecular flexibility index (Phi) is 4.43. The van der Waals surface area contributed by atoms with Gasteiger partial charge in [-0.3, -0.25) is 0 Å². The first-order chi connectivity index (χ1) is 8.99. The lowest BCUT2D eigenvalue weighted by molar-refractivity contribution is 0.591. The second-order valence-electron chi connectivity index (χ2n) is 4.40. The third kappa shape index (κ3) is 3.26. The van der Waals surface area contributed by atoms with Gasteiger partial charge in [-0.15, -0.1) is 11.6 Å². The molecule has 2 rings (SSSR count). The monoisotopic (exact) mass is 300 g/mol. The molecule has 0 spiro atoms. The van der Waals surface area contributed by atoms with Gasteiger partial charge in [0.2, 0.25) is 0 Å². The summed E-state index contributed by atoms with van der Waals surface area (Å²) in [5, 5.41) is -0.354. The first-order valence-electron chi connectivity index (χ1n) is 5.82. The lowest BCUT2D eigenvalue weighted by Crippen LogP contribution is -2.02. The van der Waals surface area contributed by atoms with Gasteiger partial charge in [0.25, 0.3) is 0 Å². The van der Waals surface area contributed by atoms with Gasteiger partial charge in [-0.2, -0.15) is 0 Å². The van der Waals surface area contributed by atoms with E-state index in [4.69, 9.17) is 23.2 Å². The fourth-order valence-corrected chi connectivity index (χ4v) is 2.48. The smallest absolute Gasteiger partial charge is 0.127 e. The zero-order valence-corrected chi connectivity index (χ0v) is 11.8. The Morgan fingerprint density at radius 3 is 2.53 bits per heavy atom. The molecular formula is C15H12Cl2F2. The number of halogens is 4. The highest BCUT2D eigenvalue weighted by molar-refractivity contribution is 6.31. The highest BCUT2D eigenvalue weighted by Gasteiger charge is 2.17. The standard InChI is InChI=1S/C15H12Cl2F2/c1-9-5-6-15(19)10(7-9)13(17)8-11-12(16)3-2-4-14(11)18/h2-7,13H,8H2,1H3. The van der Waals surface area contributed by atoms with Crippen LogP contribution in [0.2, 0.25) is 5.02 Å². The Morgan fingerprint density at radius 2 is 1.84 bits per heavy atom. The molecule has 0 saturated heterocycles. The molecule has 19 heavy (non-hydrogen) atoms. The van der Waals surface area contributed by atoms with Gasteiger partial charge in [0.15, 0.2) is 0 Å². The average molecular weight is 301 g/mol. The van der Waals surface area contributed by atoms with Crippen LogP contribution in [-0.2, 0) is 6.42 Å². The summed E-state index contributed by atoms with van der Waals surface area (Å²) >= 11 is 12.1. The fraction of sp³-hybridized carbons (Fsp3) is 0.200. The second kappa shape index (κ2) is 5.89. The second-order valence-corrected chi connectivity index (χ2v) is 5.33. The summed E-state index contributed by atoms with van der Waals surface area (Å²) in [7, 11) is 0. The molecule has 100 valence electrons. The van der Waals surface area contributed by atoms with Crippen LogP contribution < -0.4 is 0 Å². The Morgan fingerprint density at radius 1 is 1.11 bits per heavy atom. The molecular weight excluding hydrogens is 289 g/mol. The molecule has 0 fully saturated rings. The molecule has 0 aliphatic rings. The van der Waals surface area contributed by atoms with Crippen LogP contribution in [0.3, 0.4) is 0 Å². The van der Waals surface area contributed by atoms with E-state index >= 15 is 0 Å². The van der Waals surface area contributed by atoms with Gasteiger partial charge in [0.05, 0.1) is 5.38 Å². The number of hydrogen-bond acceptors (Lipinski definition) is 0. The van der Waals surface area contributed by atoms with Gasteiger partial charge in [0, 0.05) is 16.1 Å². The van der Waals surface area contributed by atoms with Crippen LogP contribution in [0.5, 0.6) is 0 Å². The summed E-state index contributed by atoms with van der Waals surface area (Å²) in [4.78, 5) is 0. The minimum absolute atomic E-state index is 0.146. The number of aryl methyl sites for hydroxylation is 1. The van der Waals surface area contributed by atoms with Crippen molar-refractivity contribution in [2.75, 3.05) is 0 Å². The van der Waals surface area contributed by atoms with Crippen LogP contribution in [0.1, 0.15) is 22.1 Å². The van der Waals surface area contributed by atoms with Crippen molar-refractivity contribution in [1.82, 2.24) is 0 Å². The van der Waals surface area contributed by atoms with E-state index in [0.29, 0.717) is 16.1 Å². The maximum atomic E-state index is 13.7. The largest absolute Gasteiger partial charge is 0.207 e. The highest BCUT2D eigenvalue weighted by atomic mass is 35.5. The SMILES string of the molecule is Cc1ccc(F)c(C(Cl)Cc2c(F)cccc2Cl)c1. The van der Waals surface area contributed by atoms with Crippen molar-refractivity contribution in [2.45, 2.75) is 18.7 Å². The molecule has 2 aromatic rings. The van der Waals surface area contributed by atoms with Crippen molar-refractivity contribution in [2.24, 2.45) is 0 Å². The summed E-state index contributed by atoms with van der Waals surface area (Å²) in [5.74, 6) is -0.815. The third-order valence-corrected chi connectivity index (χ3v) is 3.68. The fourth-order valence-electron chi connectivity index (χ4n) is 1.92. The number of hydrogen-bond donors (Lipinski definition) is 0. The van der Waals surface area contributed by atoms with Gasteiger partial charge < -0.3 is 0 Å². The normalized spacial score (nSPS) is 12.5. The predicted octanol–water partition coefficient (Wildman–Crippen LogP) is 5.45. The molecule has 0 aliphatic carbocycles. The number of benzene rings is 2. The van der Waals surface area contributed by atoms with E-state index in [0.717, 1.165) is 5.56 Å². The van der Waals surface area contributed by atoms with E-state index in [9.17, 15) is 8.78 Å². The summed E-state index contributed by atoms with van der Waals surface area (Å²) in [6.07, 6.45) is 0.146. The molecule has 4 heteroatoms. The minimum atomic E-state index is -0.658.